The molecule has 0 aliphatic carbocycles. The highest BCUT2D eigenvalue weighted by atomic mass is 32.2. The van der Waals surface area contributed by atoms with E-state index in [2.05, 4.69) is 33.9 Å². The summed E-state index contributed by atoms with van der Waals surface area (Å²) in [6.45, 7) is 7.14. The maximum absolute atomic E-state index is 10.9. The maximum atomic E-state index is 10.9. The maximum Gasteiger partial charge on any atom is 0.223 e. The Morgan fingerprint density at radius 3 is 2.53 bits per heavy atom. The zero-order chi connectivity index (χ0) is 14.5. The third-order valence-corrected chi connectivity index (χ3v) is 3.19. The van der Waals surface area contributed by atoms with Crippen molar-refractivity contribution in [2.75, 3.05) is 24.7 Å². The number of anilines is 1. The number of hydrogen-bond donors (Lipinski definition) is 2. The van der Waals surface area contributed by atoms with Crippen molar-refractivity contribution in [3.8, 4) is 0 Å². The minimum atomic E-state index is -3.10. The monoisotopic (exact) mass is 286 g/mol. The molecule has 0 aliphatic heterocycles. The normalized spacial score (nSPS) is 11.8. The van der Waals surface area contributed by atoms with Crippen LogP contribution in [-0.2, 0) is 10.0 Å². The van der Waals surface area contributed by atoms with Crippen molar-refractivity contribution in [3.63, 3.8) is 0 Å². The van der Waals surface area contributed by atoms with E-state index in [-0.39, 0.29) is 0 Å². The van der Waals surface area contributed by atoms with Crippen LogP contribution in [0.3, 0.4) is 0 Å². The van der Waals surface area contributed by atoms with Gasteiger partial charge in [-0.1, -0.05) is 13.8 Å². The molecule has 1 aromatic rings. The largest absolute Gasteiger partial charge is 0.354 e. The summed E-state index contributed by atoms with van der Waals surface area (Å²) in [4.78, 5) is 8.72. The Morgan fingerprint density at radius 2 is 1.95 bits per heavy atom. The number of nitrogens with one attached hydrogen (secondary N) is 2. The summed E-state index contributed by atoms with van der Waals surface area (Å²) in [5.74, 6) is 0.956. The summed E-state index contributed by atoms with van der Waals surface area (Å²) in [6, 6.07) is 1.97. The van der Waals surface area contributed by atoms with Crippen molar-refractivity contribution in [3.05, 3.63) is 17.5 Å². The standard InChI is InChI=1S/C12H22N4O2S/c1-9(2)11-8-10(3)15-12(16-11)13-6-5-7-14-19(4,17)18/h8-9,14H,5-7H2,1-4H3,(H,13,15,16). The SMILES string of the molecule is Cc1cc(C(C)C)nc(NCCCNS(C)(=O)=O)n1. The van der Waals surface area contributed by atoms with Crippen molar-refractivity contribution in [1.29, 1.82) is 0 Å². The molecule has 2 N–H and O–H groups in total. The molecule has 0 spiro atoms. The van der Waals surface area contributed by atoms with Crippen LogP contribution in [0, 0.1) is 6.92 Å². The number of hydrogen-bond acceptors (Lipinski definition) is 5. The van der Waals surface area contributed by atoms with Crippen LogP contribution in [0.1, 0.15) is 37.6 Å². The van der Waals surface area contributed by atoms with Gasteiger partial charge in [-0.25, -0.2) is 23.1 Å². The lowest BCUT2D eigenvalue weighted by Crippen LogP contribution is -2.24. The molecule has 0 bridgehead atoms. The van der Waals surface area contributed by atoms with E-state index < -0.39 is 10.0 Å². The predicted molar refractivity (Wildman–Crippen MR) is 76.8 cm³/mol. The molecule has 108 valence electrons. The molecular weight excluding hydrogens is 264 g/mol. The molecule has 0 unspecified atom stereocenters. The molecule has 0 saturated heterocycles. The lowest BCUT2D eigenvalue weighted by Gasteiger charge is -2.10. The number of sulfonamides is 1. The zero-order valence-corrected chi connectivity index (χ0v) is 12.7. The molecule has 7 heteroatoms. The molecule has 1 rings (SSSR count). The average Bonchev–Trinajstić information content (AvgIpc) is 2.26. The Balaban J connectivity index is 2.45. The molecule has 0 amide bonds. The molecule has 19 heavy (non-hydrogen) atoms. The van der Waals surface area contributed by atoms with Gasteiger partial charge in [0.15, 0.2) is 0 Å². The first-order chi connectivity index (χ1) is 8.78. The van der Waals surface area contributed by atoms with Gasteiger partial charge in [0.2, 0.25) is 16.0 Å². The quantitative estimate of drug-likeness (QED) is 0.737. The number of aromatic nitrogens is 2. The van der Waals surface area contributed by atoms with E-state index in [1.54, 1.807) is 0 Å². The van der Waals surface area contributed by atoms with Crippen molar-refractivity contribution in [2.24, 2.45) is 0 Å². The van der Waals surface area contributed by atoms with E-state index >= 15 is 0 Å². The molecule has 1 aromatic heterocycles. The van der Waals surface area contributed by atoms with E-state index in [1.165, 1.54) is 0 Å². The second-order valence-electron chi connectivity index (χ2n) is 4.86. The van der Waals surface area contributed by atoms with Gasteiger partial charge in [-0.05, 0) is 25.3 Å². The van der Waals surface area contributed by atoms with E-state index in [1.807, 2.05) is 13.0 Å². The van der Waals surface area contributed by atoms with Gasteiger partial charge in [-0.15, -0.1) is 0 Å². The first kappa shape index (κ1) is 15.8. The van der Waals surface area contributed by atoms with Crippen LogP contribution in [-0.4, -0.2) is 37.7 Å². The summed E-state index contributed by atoms with van der Waals surface area (Å²) >= 11 is 0. The Hall–Kier alpha value is -1.21. The summed E-state index contributed by atoms with van der Waals surface area (Å²) < 4.78 is 24.2. The topological polar surface area (TPSA) is 84.0 Å². The lowest BCUT2D eigenvalue weighted by atomic mass is 10.1. The molecule has 0 atom stereocenters. The first-order valence-corrected chi connectivity index (χ1v) is 8.21. The van der Waals surface area contributed by atoms with Crippen LogP contribution in [0.2, 0.25) is 0 Å². The van der Waals surface area contributed by atoms with E-state index in [4.69, 9.17) is 0 Å². The van der Waals surface area contributed by atoms with Crippen LogP contribution in [0.4, 0.5) is 5.95 Å². The number of aryl methyl sites for hydroxylation is 1. The Bertz CT molecular complexity index is 514. The zero-order valence-electron chi connectivity index (χ0n) is 11.9. The van der Waals surface area contributed by atoms with Gasteiger partial charge in [0.05, 0.1) is 6.26 Å². The van der Waals surface area contributed by atoms with Crippen molar-refractivity contribution >= 4 is 16.0 Å². The Morgan fingerprint density at radius 1 is 1.26 bits per heavy atom. The molecule has 6 nitrogen and oxygen atoms in total. The fraction of sp³-hybridized carbons (Fsp3) is 0.667. The summed E-state index contributed by atoms with van der Waals surface area (Å²) in [5, 5.41) is 3.11. The molecule has 0 fully saturated rings. The van der Waals surface area contributed by atoms with Crippen LogP contribution in [0.15, 0.2) is 6.07 Å². The minimum absolute atomic E-state index is 0.356. The van der Waals surface area contributed by atoms with Gasteiger partial charge in [0.25, 0.3) is 0 Å². The van der Waals surface area contributed by atoms with Crippen LogP contribution >= 0.6 is 0 Å². The summed E-state index contributed by atoms with van der Waals surface area (Å²) in [6.07, 6.45) is 1.83. The fourth-order valence-corrected chi connectivity index (χ4v) is 2.03. The van der Waals surface area contributed by atoms with Crippen molar-refractivity contribution < 1.29 is 8.42 Å². The average molecular weight is 286 g/mol. The van der Waals surface area contributed by atoms with E-state index in [9.17, 15) is 8.42 Å². The Labute approximate surface area is 115 Å². The highest BCUT2D eigenvalue weighted by Crippen LogP contribution is 2.14. The van der Waals surface area contributed by atoms with Crippen molar-refractivity contribution in [2.45, 2.75) is 33.1 Å². The van der Waals surface area contributed by atoms with Crippen molar-refractivity contribution in [1.82, 2.24) is 14.7 Å². The second-order valence-corrected chi connectivity index (χ2v) is 6.69. The third-order valence-electron chi connectivity index (χ3n) is 2.47. The second kappa shape index (κ2) is 6.81. The minimum Gasteiger partial charge on any atom is -0.354 e. The highest BCUT2D eigenvalue weighted by molar-refractivity contribution is 7.88. The number of nitrogens with zero attached hydrogens (tertiary/aromatic N) is 2. The van der Waals surface area contributed by atoms with Crippen LogP contribution in [0.5, 0.6) is 0 Å². The lowest BCUT2D eigenvalue weighted by molar-refractivity contribution is 0.586. The molecule has 1 heterocycles. The molecule has 0 radical (unpaired) electrons. The third kappa shape index (κ3) is 6.49. The highest BCUT2D eigenvalue weighted by Gasteiger charge is 2.05. The van der Waals surface area contributed by atoms with Gasteiger partial charge in [-0.3, -0.25) is 0 Å². The van der Waals surface area contributed by atoms with Gasteiger partial charge in [0, 0.05) is 24.5 Å². The van der Waals surface area contributed by atoms with Gasteiger partial charge >= 0.3 is 0 Å². The first-order valence-electron chi connectivity index (χ1n) is 6.32. The van der Waals surface area contributed by atoms with Gasteiger partial charge < -0.3 is 5.32 Å². The summed E-state index contributed by atoms with van der Waals surface area (Å²) in [5.41, 5.74) is 1.93. The molecule has 0 saturated carbocycles. The molecule has 0 aromatic carbocycles. The fourth-order valence-electron chi connectivity index (χ4n) is 1.51. The molecule has 0 aliphatic rings. The Kier molecular flexibility index (Phi) is 5.68. The summed E-state index contributed by atoms with van der Waals surface area (Å²) in [7, 11) is -3.10. The van der Waals surface area contributed by atoms with E-state index in [0.29, 0.717) is 31.4 Å². The van der Waals surface area contributed by atoms with E-state index in [0.717, 1.165) is 17.6 Å². The van der Waals surface area contributed by atoms with Gasteiger partial charge in [0.1, 0.15) is 0 Å². The smallest absolute Gasteiger partial charge is 0.223 e. The number of rotatable bonds is 7. The van der Waals surface area contributed by atoms with Gasteiger partial charge in [-0.2, -0.15) is 0 Å². The van der Waals surface area contributed by atoms with Crippen LogP contribution in [0.25, 0.3) is 0 Å². The van der Waals surface area contributed by atoms with Crippen LogP contribution < -0.4 is 10.0 Å². The predicted octanol–water partition coefficient (Wildman–Crippen LogP) is 1.26. The molecular formula is C12H22N4O2S.